The number of nitrogens with zero attached hydrogens (tertiary/aromatic N) is 3. The molecule has 1 heterocycles. The summed E-state index contributed by atoms with van der Waals surface area (Å²) in [5.41, 5.74) is 2.36. The summed E-state index contributed by atoms with van der Waals surface area (Å²) in [4.78, 5) is 12.2. The fraction of sp³-hybridized carbons (Fsp3) is 0.727. The SMILES string of the molecule is CC(C)Oc1nc(NN)nc(NCCCOCCO)n1. The zero-order valence-electron chi connectivity index (χ0n) is 11.8. The van der Waals surface area contributed by atoms with Crippen molar-refractivity contribution in [2.24, 2.45) is 5.84 Å². The van der Waals surface area contributed by atoms with Crippen molar-refractivity contribution in [2.75, 3.05) is 37.1 Å². The quantitative estimate of drug-likeness (QED) is 0.261. The third kappa shape index (κ3) is 6.45. The van der Waals surface area contributed by atoms with Crippen molar-refractivity contribution >= 4 is 11.9 Å². The Morgan fingerprint density at radius 3 is 2.60 bits per heavy atom. The van der Waals surface area contributed by atoms with E-state index in [1.54, 1.807) is 0 Å². The monoisotopic (exact) mass is 286 g/mol. The van der Waals surface area contributed by atoms with Gasteiger partial charge in [-0.15, -0.1) is 0 Å². The molecule has 0 aliphatic rings. The van der Waals surface area contributed by atoms with Gasteiger partial charge in [-0.1, -0.05) is 0 Å². The molecule has 0 aliphatic heterocycles. The number of hydrogen-bond acceptors (Lipinski definition) is 9. The molecule has 0 spiro atoms. The van der Waals surface area contributed by atoms with Gasteiger partial charge in [0.1, 0.15) is 0 Å². The van der Waals surface area contributed by atoms with E-state index in [1.165, 1.54) is 0 Å². The summed E-state index contributed by atoms with van der Waals surface area (Å²) in [5, 5.41) is 11.6. The van der Waals surface area contributed by atoms with Crippen LogP contribution < -0.4 is 21.3 Å². The van der Waals surface area contributed by atoms with E-state index in [9.17, 15) is 0 Å². The molecule has 0 saturated heterocycles. The zero-order valence-corrected chi connectivity index (χ0v) is 11.8. The van der Waals surface area contributed by atoms with Crippen LogP contribution in [0, 0.1) is 0 Å². The second-order valence-corrected chi connectivity index (χ2v) is 4.19. The van der Waals surface area contributed by atoms with E-state index in [0.717, 1.165) is 6.42 Å². The van der Waals surface area contributed by atoms with Gasteiger partial charge in [-0.3, -0.25) is 5.43 Å². The van der Waals surface area contributed by atoms with Gasteiger partial charge in [0.15, 0.2) is 0 Å². The smallest absolute Gasteiger partial charge is 0.323 e. The van der Waals surface area contributed by atoms with Crippen LogP contribution in [0.5, 0.6) is 6.01 Å². The zero-order chi connectivity index (χ0) is 14.8. The molecule has 1 aromatic heterocycles. The Labute approximate surface area is 117 Å². The van der Waals surface area contributed by atoms with Gasteiger partial charge in [0.05, 0.1) is 19.3 Å². The first-order valence-corrected chi connectivity index (χ1v) is 6.47. The number of ether oxygens (including phenoxy) is 2. The van der Waals surface area contributed by atoms with Crippen LogP contribution in [0.3, 0.4) is 0 Å². The highest BCUT2D eigenvalue weighted by Gasteiger charge is 2.07. The Morgan fingerprint density at radius 1 is 1.20 bits per heavy atom. The predicted molar refractivity (Wildman–Crippen MR) is 74.4 cm³/mol. The molecular weight excluding hydrogens is 264 g/mol. The summed E-state index contributed by atoms with van der Waals surface area (Å²) < 4.78 is 10.5. The van der Waals surface area contributed by atoms with Gasteiger partial charge in [0, 0.05) is 13.2 Å². The standard InChI is InChI=1S/C11H22N6O3/c1-8(2)20-11-15-9(14-10(16-11)17-12)13-4-3-6-19-7-5-18/h8,18H,3-7,12H2,1-2H3,(H2,13,14,15,16,17). The van der Waals surface area contributed by atoms with Gasteiger partial charge in [-0.05, 0) is 20.3 Å². The highest BCUT2D eigenvalue weighted by atomic mass is 16.5. The summed E-state index contributed by atoms with van der Waals surface area (Å²) in [6, 6.07) is 0.210. The minimum atomic E-state index is -0.0391. The van der Waals surface area contributed by atoms with E-state index in [4.69, 9.17) is 20.4 Å². The lowest BCUT2D eigenvalue weighted by Crippen LogP contribution is -2.17. The van der Waals surface area contributed by atoms with Crippen LogP contribution in [0.25, 0.3) is 0 Å². The van der Waals surface area contributed by atoms with Gasteiger partial charge >= 0.3 is 6.01 Å². The molecule has 9 heteroatoms. The minimum absolute atomic E-state index is 0.0301. The number of nitrogens with two attached hydrogens (primary N) is 1. The molecule has 0 bridgehead atoms. The number of anilines is 2. The van der Waals surface area contributed by atoms with Crippen LogP contribution in [0.1, 0.15) is 20.3 Å². The second kappa shape index (κ2) is 9.23. The van der Waals surface area contributed by atoms with E-state index >= 15 is 0 Å². The second-order valence-electron chi connectivity index (χ2n) is 4.19. The predicted octanol–water partition coefficient (Wildman–Crippen LogP) is -0.245. The van der Waals surface area contributed by atoms with E-state index in [2.05, 4.69) is 25.7 Å². The summed E-state index contributed by atoms with van der Waals surface area (Å²) >= 11 is 0. The summed E-state index contributed by atoms with van der Waals surface area (Å²) in [7, 11) is 0. The molecule has 1 rings (SSSR count). The molecule has 0 radical (unpaired) electrons. The number of aliphatic hydroxyl groups excluding tert-OH is 1. The Bertz CT molecular complexity index is 390. The normalized spacial score (nSPS) is 10.7. The van der Waals surface area contributed by atoms with Crippen molar-refractivity contribution in [1.82, 2.24) is 15.0 Å². The molecule has 5 N–H and O–H groups in total. The molecular formula is C11H22N6O3. The first-order chi connectivity index (χ1) is 9.65. The number of aromatic nitrogens is 3. The number of nitrogen functional groups attached to an aromatic ring is 1. The number of hydrogen-bond donors (Lipinski definition) is 4. The van der Waals surface area contributed by atoms with Crippen LogP contribution >= 0.6 is 0 Å². The van der Waals surface area contributed by atoms with Crippen molar-refractivity contribution in [2.45, 2.75) is 26.4 Å². The highest BCUT2D eigenvalue weighted by Crippen LogP contribution is 2.11. The van der Waals surface area contributed by atoms with Gasteiger partial charge in [0.2, 0.25) is 11.9 Å². The van der Waals surface area contributed by atoms with Crippen molar-refractivity contribution in [3.05, 3.63) is 0 Å². The molecule has 0 aliphatic carbocycles. The largest absolute Gasteiger partial charge is 0.461 e. The molecule has 0 atom stereocenters. The molecule has 0 unspecified atom stereocenters. The Morgan fingerprint density at radius 2 is 1.95 bits per heavy atom. The fourth-order valence-electron chi connectivity index (χ4n) is 1.30. The molecule has 0 aromatic carbocycles. The van der Waals surface area contributed by atoms with Crippen LogP contribution in [-0.4, -0.2) is 52.5 Å². The van der Waals surface area contributed by atoms with Crippen molar-refractivity contribution in [3.63, 3.8) is 0 Å². The number of aliphatic hydroxyl groups is 1. The Balaban J connectivity index is 2.47. The van der Waals surface area contributed by atoms with Crippen LogP contribution in [-0.2, 0) is 4.74 Å². The Hall–Kier alpha value is -1.71. The number of nitrogens with one attached hydrogen (secondary N) is 2. The van der Waals surface area contributed by atoms with E-state index in [-0.39, 0.29) is 24.7 Å². The molecule has 114 valence electrons. The highest BCUT2D eigenvalue weighted by molar-refractivity contribution is 5.34. The van der Waals surface area contributed by atoms with Gasteiger partial charge < -0.3 is 19.9 Å². The van der Waals surface area contributed by atoms with Crippen LogP contribution in [0.15, 0.2) is 0 Å². The topological polar surface area (TPSA) is 127 Å². The third-order valence-electron chi connectivity index (χ3n) is 2.07. The maximum atomic E-state index is 8.56. The van der Waals surface area contributed by atoms with Gasteiger partial charge in [0.25, 0.3) is 0 Å². The first kappa shape index (κ1) is 16.3. The molecule has 20 heavy (non-hydrogen) atoms. The lowest BCUT2D eigenvalue weighted by molar-refractivity contribution is 0.0921. The molecule has 9 nitrogen and oxygen atoms in total. The van der Waals surface area contributed by atoms with E-state index < -0.39 is 0 Å². The molecule has 0 amide bonds. The first-order valence-electron chi connectivity index (χ1n) is 6.47. The molecule has 1 aromatic rings. The number of rotatable bonds is 10. The minimum Gasteiger partial charge on any atom is -0.461 e. The van der Waals surface area contributed by atoms with Crippen molar-refractivity contribution < 1.29 is 14.6 Å². The molecule has 0 saturated carbocycles. The van der Waals surface area contributed by atoms with Crippen LogP contribution in [0.4, 0.5) is 11.9 Å². The van der Waals surface area contributed by atoms with Crippen molar-refractivity contribution in [3.8, 4) is 6.01 Å². The summed E-state index contributed by atoms with van der Waals surface area (Å²) in [6.07, 6.45) is 0.722. The summed E-state index contributed by atoms with van der Waals surface area (Å²) in [6.45, 7) is 5.31. The fourth-order valence-corrected chi connectivity index (χ4v) is 1.30. The van der Waals surface area contributed by atoms with Gasteiger partial charge in [-0.2, -0.15) is 15.0 Å². The third-order valence-corrected chi connectivity index (χ3v) is 2.07. The Kier molecular flexibility index (Phi) is 7.55. The maximum Gasteiger partial charge on any atom is 0.323 e. The lowest BCUT2D eigenvalue weighted by Gasteiger charge is -2.11. The summed E-state index contributed by atoms with van der Waals surface area (Å²) in [5.74, 6) is 5.91. The van der Waals surface area contributed by atoms with Crippen molar-refractivity contribution in [1.29, 1.82) is 0 Å². The maximum absolute atomic E-state index is 8.56. The molecule has 0 fully saturated rings. The van der Waals surface area contributed by atoms with E-state index in [1.807, 2.05) is 13.8 Å². The average Bonchev–Trinajstić information content (AvgIpc) is 2.41. The van der Waals surface area contributed by atoms with E-state index in [0.29, 0.717) is 25.7 Å². The number of hydrazine groups is 1. The lowest BCUT2D eigenvalue weighted by atomic mass is 10.4. The average molecular weight is 286 g/mol. The van der Waals surface area contributed by atoms with Gasteiger partial charge in [-0.25, -0.2) is 5.84 Å². The van der Waals surface area contributed by atoms with Crippen LogP contribution in [0.2, 0.25) is 0 Å².